The van der Waals surface area contributed by atoms with Crippen molar-refractivity contribution in [2.24, 2.45) is 17.8 Å². The highest BCUT2D eigenvalue weighted by Crippen LogP contribution is 2.57. The molecule has 1 aliphatic carbocycles. The molecular formula is C26H33NO6. The molecule has 0 fully saturated rings. The lowest BCUT2D eigenvalue weighted by molar-refractivity contribution is -0.168. The summed E-state index contributed by atoms with van der Waals surface area (Å²) in [5.74, 6) is -3.20. The topological polar surface area (TPSA) is 90.0 Å². The Morgan fingerprint density at radius 3 is 2.12 bits per heavy atom. The molecule has 0 saturated heterocycles. The molecule has 1 heterocycles. The SMILES string of the molecule is C[C@@H]1C(C=O)=C[C@H](C)[C@@H](C(=O)OC(C)(C)C)[C@@]12C(=O)N(C(=O)OC(C)(C)C)c1ccccc12. The second-order valence-electron chi connectivity index (χ2n) is 10.9. The van der Waals surface area contributed by atoms with Crippen LogP contribution in [0.5, 0.6) is 0 Å². The average molecular weight is 456 g/mol. The summed E-state index contributed by atoms with van der Waals surface area (Å²) in [6.07, 6.45) is 1.63. The maximum Gasteiger partial charge on any atom is 0.421 e. The first-order valence-electron chi connectivity index (χ1n) is 11.2. The Bertz CT molecular complexity index is 1030. The zero-order valence-corrected chi connectivity index (χ0v) is 20.6. The molecule has 2 aliphatic rings. The van der Waals surface area contributed by atoms with Gasteiger partial charge in [-0.3, -0.25) is 14.4 Å². The van der Waals surface area contributed by atoms with E-state index in [9.17, 15) is 19.2 Å². The van der Waals surface area contributed by atoms with Gasteiger partial charge in [-0.05, 0) is 64.7 Å². The third-order valence-electron chi connectivity index (χ3n) is 6.18. The molecule has 2 amide bonds. The number of amides is 2. The molecule has 1 aliphatic heterocycles. The molecule has 7 nitrogen and oxygen atoms in total. The van der Waals surface area contributed by atoms with Crippen LogP contribution in [0.4, 0.5) is 10.5 Å². The smallest absolute Gasteiger partial charge is 0.421 e. The summed E-state index contributed by atoms with van der Waals surface area (Å²) in [5, 5.41) is 0. The van der Waals surface area contributed by atoms with E-state index in [-0.39, 0.29) is 0 Å². The van der Waals surface area contributed by atoms with Gasteiger partial charge >= 0.3 is 12.1 Å². The molecule has 0 saturated carbocycles. The van der Waals surface area contributed by atoms with E-state index in [0.29, 0.717) is 16.8 Å². The summed E-state index contributed by atoms with van der Waals surface area (Å²) in [6, 6.07) is 6.88. The Balaban J connectivity index is 2.28. The van der Waals surface area contributed by atoms with E-state index in [2.05, 4.69) is 0 Å². The van der Waals surface area contributed by atoms with Crippen LogP contribution in [0.25, 0.3) is 0 Å². The normalized spacial score (nSPS) is 27.2. The summed E-state index contributed by atoms with van der Waals surface area (Å²) < 4.78 is 11.3. The zero-order valence-electron chi connectivity index (χ0n) is 20.6. The maximum atomic E-state index is 14.2. The van der Waals surface area contributed by atoms with E-state index in [4.69, 9.17) is 9.47 Å². The molecule has 0 N–H and O–H groups in total. The number of fused-ring (bicyclic) bond motifs is 2. The summed E-state index contributed by atoms with van der Waals surface area (Å²) >= 11 is 0. The van der Waals surface area contributed by atoms with Gasteiger partial charge in [-0.15, -0.1) is 0 Å². The van der Waals surface area contributed by atoms with Crippen molar-refractivity contribution >= 4 is 29.9 Å². The van der Waals surface area contributed by atoms with Crippen LogP contribution in [0.2, 0.25) is 0 Å². The van der Waals surface area contributed by atoms with Gasteiger partial charge in [-0.25, -0.2) is 9.69 Å². The lowest BCUT2D eigenvalue weighted by Crippen LogP contribution is -2.58. The Morgan fingerprint density at radius 1 is 1.00 bits per heavy atom. The third-order valence-corrected chi connectivity index (χ3v) is 6.18. The van der Waals surface area contributed by atoms with E-state index in [1.165, 1.54) is 0 Å². The fraction of sp³-hybridized carbons (Fsp3) is 0.538. The van der Waals surface area contributed by atoms with Crippen LogP contribution < -0.4 is 4.90 Å². The van der Waals surface area contributed by atoms with Gasteiger partial charge in [-0.1, -0.05) is 38.1 Å². The lowest BCUT2D eigenvalue weighted by Gasteiger charge is -2.46. The third kappa shape index (κ3) is 4.09. The Hall–Kier alpha value is -2.96. The van der Waals surface area contributed by atoms with Gasteiger partial charge in [0.2, 0.25) is 5.91 Å². The van der Waals surface area contributed by atoms with Crippen molar-refractivity contribution in [1.29, 1.82) is 0 Å². The van der Waals surface area contributed by atoms with Crippen LogP contribution in [0.3, 0.4) is 0 Å². The number of hydrogen-bond acceptors (Lipinski definition) is 6. The molecule has 3 rings (SSSR count). The molecule has 33 heavy (non-hydrogen) atoms. The van der Waals surface area contributed by atoms with Crippen molar-refractivity contribution in [3.05, 3.63) is 41.5 Å². The molecule has 1 aromatic carbocycles. The standard InChI is InChI=1S/C26H33NO6/c1-15-13-17(14-28)16(2)26(20(15)21(29)32-24(3,4)5)18-11-9-10-12-19(18)27(22(26)30)23(31)33-25(6,7)8/h9-16,20H,1-8H3/t15-,16+,20-,26+/m0/s1. The quantitative estimate of drug-likeness (QED) is 0.479. The van der Waals surface area contributed by atoms with Crippen molar-refractivity contribution in [1.82, 2.24) is 0 Å². The first-order chi connectivity index (χ1) is 15.1. The summed E-state index contributed by atoms with van der Waals surface area (Å²) in [7, 11) is 0. The van der Waals surface area contributed by atoms with Crippen molar-refractivity contribution in [2.45, 2.75) is 72.0 Å². The van der Waals surface area contributed by atoms with Gasteiger partial charge in [-0.2, -0.15) is 0 Å². The minimum absolute atomic E-state index is 0.358. The second-order valence-corrected chi connectivity index (χ2v) is 10.9. The molecular weight excluding hydrogens is 422 g/mol. The van der Waals surface area contributed by atoms with Gasteiger partial charge in [0.1, 0.15) is 17.5 Å². The Morgan fingerprint density at radius 2 is 1.58 bits per heavy atom. The Labute approximate surface area is 195 Å². The number of imide groups is 1. The number of esters is 1. The minimum Gasteiger partial charge on any atom is -0.460 e. The molecule has 4 atom stereocenters. The van der Waals surface area contributed by atoms with Gasteiger partial charge in [0.15, 0.2) is 0 Å². The number of allylic oxidation sites excluding steroid dienone is 2. The highest BCUT2D eigenvalue weighted by atomic mass is 16.6. The van der Waals surface area contributed by atoms with Crippen LogP contribution in [0.1, 0.15) is 61.0 Å². The first kappa shape index (κ1) is 24.7. The highest BCUT2D eigenvalue weighted by Gasteiger charge is 2.65. The van der Waals surface area contributed by atoms with Crippen molar-refractivity contribution < 1.29 is 28.7 Å². The number of para-hydroxylation sites is 1. The number of carbonyl (C=O) groups is 4. The fourth-order valence-corrected chi connectivity index (χ4v) is 5.03. The van der Waals surface area contributed by atoms with Gasteiger partial charge in [0.05, 0.1) is 17.0 Å². The van der Waals surface area contributed by atoms with E-state index in [1.54, 1.807) is 85.7 Å². The second kappa shape index (κ2) is 8.12. The average Bonchev–Trinajstić information content (AvgIpc) is 2.91. The number of carbonyl (C=O) groups excluding carboxylic acids is 4. The van der Waals surface area contributed by atoms with Gasteiger partial charge in [0, 0.05) is 5.92 Å². The predicted octanol–water partition coefficient (Wildman–Crippen LogP) is 4.58. The first-order valence-corrected chi connectivity index (χ1v) is 11.2. The number of aldehydes is 1. The zero-order chi connectivity index (χ0) is 24.9. The van der Waals surface area contributed by atoms with Crippen LogP contribution in [-0.2, 0) is 29.3 Å². The Kier molecular flexibility index (Phi) is 6.07. The number of nitrogens with zero attached hydrogens (tertiary/aromatic N) is 1. The number of rotatable bonds is 2. The van der Waals surface area contributed by atoms with Crippen LogP contribution >= 0.6 is 0 Å². The van der Waals surface area contributed by atoms with E-state index in [0.717, 1.165) is 11.2 Å². The molecule has 1 spiro atoms. The monoisotopic (exact) mass is 455 g/mol. The summed E-state index contributed by atoms with van der Waals surface area (Å²) in [4.78, 5) is 54.0. The minimum atomic E-state index is -1.49. The van der Waals surface area contributed by atoms with Crippen LogP contribution in [0, 0.1) is 17.8 Å². The molecule has 7 heteroatoms. The van der Waals surface area contributed by atoms with E-state index < -0.39 is 52.3 Å². The van der Waals surface area contributed by atoms with E-state index >= 15 is 0 Å². The largest absolute Gasteiger partial charge is 0.460 e. The van der Waals surface area contributed by atoms with Crippen molar-refractivity contribution in [3.8, 4) is 0 Å². The number of anilines is 1. The van der Waals surface area contributed by atoms with Crippen LogP contribution in [0.15, 0.2) is 35.9 Å². The van der Waals surface area contributed by atoms with Gasteiger partial charge < -0.3 is 9.47 Å². The summed E-state index contributed by atoms with van der Waals surface area (Å²) in [6.45, 7) is 14.0. The molecule has 0 bridgehead atoms. The van der Waals surface area contributed by atoms with E-state index in [1.807, 2.05) is 0 Å². The molecule has 178 valence electrons. The summed E-state index contributed by atoms with van der Waals surface area (Å²) in [5.41, 5.74) is -1.80. The maximum absolute atomic E-state index is 14.2. The number of benzene rings is 1. The van der Waals surface area contributed by atoms with Gasteiger partial charge in [0.25, 0.3) is 0 Å². The van der Waals surface area contributed by atoms with Crippen LogP contribution in [-0.4, -0.2) is 35.5 Å². The molecule has 1 aromatic rings. The van der Waals surface area contributed by atoms with Crippen molar-refractivity contribution in [2.75, 3.05) is 4.90 Å². The fourth-order valence-electron chi connectivity index (χ4n) is 5.03. The number of ether oxygens (including phenoxy) is 2. The molecule has 0 aromatic heterocycles. The number of hydrogen-bond donors (Lipinski definition) is 0. The highest BCUT2D eigenvalue weighted by molar-refractivity contribution is 6.23. The molecule has 0 unspecified atom stereocenters. The predicted molar refractivity (Wildman–Crippen MR) is 124 cm³/mol. The molecule has 0 radical (unpaired) electrons. The lowest BCUT2D eigenvalue weighted by atomic mass is 9.55. The van der Waals surface area contributed by atoms with Crippen molar-refractivity contribution in [3.63, 3.8) is 0 Å².